The van der Waals surface area contributed by atoms with Crippen LogP contribution < -0.4 is 10.2 Å². The van der Waals surface area contributed by atoms with Crippen molar-refractivity contribution >= 4 is 29.0 Å². The minimum absolute atomic E-state index is 0.255. The van der Waals surface area contributed by atoms with E-state index in [9.17, 15) is 4.79 Å². The molecule has 1 fully saturated rings. The summed E-state index contributed by atoms with van der Waals surface area (Å²) in [5.74, 6) is 1.19. The van der Waals surface area contributed by atoms with Gasteiger partial charge in [-0.25, -0.2) is 9.97 Å². The third-order valence-corrected chi connectivity index (χ3v) is 4.55. The molecule has 0 spiro atoms. The van der Waals surface area contributed by atoms with Gasteiger partial charge in [-0.1, -0.05) is 24.6 Å². The third kappa shape index (κ3) is 3.85. The average Bonchev–Trinajstić information content (AvgIpc) is 2.58. The summed E-state index contributed by atoms with van der Waals surface area (Å²) in [6.07, 6.45) is 3.84. The maximum absolute atomic E-state index is 12.5. The lowest BCUT2D eigenvalue weighted by Gasteiger charge is -2.31. The molecule has 3 rings (SSSR count). The van der Waals surface area contributed by atoms with Crippen molar-refractivity contribution in [2.45, 2.75) is 26.7 Å². The first-order valence-corrected chi connectivity index (χ1v) is 8.55. The molecule has 1 aliphatic heterocycles. The van der Waals surface area contributed by atoms with E-state index < -0.39 is 0 Å². The minimum atomic E-state index is -0.255. The molecule has 6 heteroatoms. The van der Waals surface area contributed by atoms with Gasteiger partial charge in [-0.3, -0.25) is 4.79 Å². The van der Waals surface area contributed by atoms with E-state index in [4.69, 9.17) is 11.6 Å². The van der Waals surface area contributed by atoms with Crippen LogP contribution in [0.25, 0.3) is 0 Å². The van der Waals surface area contributed by atoms with E-state index in [1.165, 1.54) is 12.7 Å². The second-order valence-corrected chi connectivity index (χ2v) is 6.80. The number of nitrogens with zero attached hydrogens (tertiary/aromatic N) is 3. The van der Waals surface area contributed by atoms with Crippen molar-refractivity contribution in [3.63, 3.8) is 0 Å². The van der Waals surface area contributed by atoms with Gasteiger partial charge in [0.1, 0.15) is 17.8 Å². The number of carbonyl (C=O) groups excluding carboxylic acids is 1. The molecule has 1 saturated heterocycles. The Kier molecular flexibility index (Phi) is 5.00. The van der Waals surface area contributed by atoms with Gasteiger partial charge in [-0.2, -0.15) is 0 Å². The molecule has 1 aromatic heterocycles. The maximum Gasteiger partial charge on any atom is 0.274 e. The summed E-state index contributed by atoms with van der Waals surface area (Å²) in [7, 11) is 0. The van der Waals surface area contributed by atoms with Crippen molar-refractivity contribution in [1.29, 1.82) is 0 Å². The average molecular weight is 345 g/mol. The Hall–Kier alpha value is -2.14. The monoisotopic (exact) mass is 344 g/mol. The molecule has 24 heavy (non-hydrogen) atoms. The molecule has 1 unspecified atom stereocenters. The van der Waals surface area contributed by atoms with Crippen LogP contribution in [-0.4, -0.2) is 29.0 Å². The van der Waals surface area contributed by atoms with Gasteiger partial charge in [0.05, 0.1) is 0 Å². The fraction of sp³-hybridized carbons (Fsp3) is 0.389. The van der Waals surface area contributed by atoms with E-state index in [-0.39, 0.29) is 5.91 Å². The maximum atomic E-state index is 12.5. The normalized spacial score (nSPS) is 17.6. The second-order valence-electron chi connectivity index (χ2n) is 6.37. The molecule has 0 radical (unpaired) electrons. The Bertz CT molecular complexity index is 750. The Morgan fingerprint density at radius 2 is 2.17 bits per heavy atom. The van der Waals surface area contributed by atoms with Crippen LogP contribution in [0.3, 0.4) is 0 Å². The predicted molar refractivity (Wildman–Crippen MR) is 96.8 cm³/mol. The third-order valence-electron chi connectivity index (χ3n) is 4.31. The quantitative estimate of drug-likeness (QED) is 0.916. The van der Waals surface area contributed by atoms with Crippen LogP contribution in [0, 0.1) is 12.8 Å². The number of hydrogen-bond acceptors (Lipinski definition) is 4. The van der Waals surface area contributed by atoms with Gasteiger partial charge in [0.2, 0.25) is 0 Å². The number of amides is 1. The first kappa shape index (κ1) is 16.7. The molecule has 0 bridgehead atoms. The smallest absolute Gasteiger partial charge is 0.274 e. The number of nitrogens with one attached hydrogen (secondary N) is 1. The van der Waals surface area contributed by atoms with Gasteiger partial charge in [0, 0.05) is 29.9 Å². The molecule has 0 aliphatic carbocycles. The molecule has 2 heterocycles. The van der Waals surface area contributed by atoms with Crippen molar-refractivity contribution in [3.05, 3.63) is 46.9 Å². The highest BCUT2D eigenvalue weighted by Gasteiger charge is 2.19. The topological polar surface area (TPSA) is 58.1 Å². The highest BCUT2D eigenvalue weighted by molar-refractivity contribution is 6.31. The van der Waals surface area contributed by atoms with E-state index in [0.717, 1.165) is 30.9 Å². The van der Waals surface area contributed by atoms with Crippen LogP contribution in [0.15, 0.2) is 30.6 Å². The van der Waals surface area contributed by atoms with Gasteiger partial charge in [-0.15, -0.1) is 0 Å². The lowest BCUT2D eigenvalue weighted by atomic mass is 10.0. The summed E-state index contributed by atoms with van der Waals surface area (Å²) < 4.78 is 0. The first-order chi connectivity index (χ1) is 11.5. The molecular weight excluding hydrogens is 324 g/mol. The molecule has 1 atom stereocenters. The highest BCUT2D eigenvalue weighted by atomic mass is 35.5. The zero-order chi connectivity index (χ0) is 17.1. The molecule has 126 valence electrons. The van der Waals surface area contributed by atoms with E-state index >= 15 is 0 Å². The van der Waals surface area contributed by atoms with Gasteiger partial charge in [0.15, 0.2) is 0 Å². The molecule has 1 aliphatic rings. The second kappa shape index (κ2) is 7.18. The van der Waals surface area contributed by atoms with Crippen LogP contribution in [0.1, 0.15) is 35.8 Å². The molecule has 1 N–H and O–H groups in total. The molecule has 2 aromatic rings. The number of rotatable bonds is 3. The van der Waals surface area contributed by atoms with Gasteiger partial charge < -0.3 is 10.2 Å². The summed E-state index contributed by atoms with van der Waals surface area (Å²) >= 11 is 6.00. The van der Waals surface area contributed by atoms with Crippen molar-refractivity contribution in [2.24, 2.45) is 5.92 Å². The SMILES string of the molecule is Cc1ccc(Cl)cc1NC(=O)c1cc(N2CCCC(C)C2)ncn1. The number of halogens is 1. The zero-order valence-corrected chi connectivity index (χ0v) is 14.7. The summed E-state index contributed by atoms with van der Waals surface area (Å²) in [5, 5.41) is 3.46. The number of piperidine rings is 1. The van der Waals surface area contributed by atoms with Gasteiger partial charge in [-0.05, 0) is 43.4 Å². The van der Waals surface area contributed by atoms with Crippen LogP contribution >= 0.6 is 11.6 Å². The zero-order valence-electron chi connectivity index (χ0n) is 13.9. The Morgan fingerprint density at radius 1 is 1.33 bits per heavy atom. The van der Waals surface area contributed by atoms with Crippen LogP contribution in [0.4, 0.5) is 11.5 Å². The fourth-order valence-electron chi connectivity index (χ4n) is 2.96. The largest absolute Gasteiger partial charge is 0.356 e. The molecule has 1 aromatic carbocycles. The number of hydrogen-bond donors (Lipinski definition) is 1. The van der Waals surface area contributed by atoms with Gasteiger partial charge >= 0.3 is 0 Å². The lowest BCUT2D eigenvalue weighted by Crippen LogP contribution is -2.35. The Morgan fingerprint density at radius 3 is 2.96 bits per heavy atom. The van der Waals surface area contributed by atoms with Crippen molar-refractivity contribution in [1.82, 2.24) is 9.97 Å². The fourth-order valence-corrected chi connectivity index (χ4v) is 3.13. The van der Waals surface area contributed by atoms with Crippen molar-refractivity contribution < 1.29 is 4.79 Å². The molecular formula is C18H21ClN4O. The Balaban J connectivity index is 1.78. The lowest BCUT2D eigenvalue weighted by molar-refractivity contribution is 0.102. The minimum Gasteiger partial charge on any atom is -0.356 e. The van der Waals surface area contributed by atoms with E-state index in [2.05, 4.69) is 27.1 Å². The van der Waals surface area contributed by atoms with Crippen molar-refractivity contribution in [2.75, 3.05) is 23.3 Å². The van der Waals surface area contributed by atoms with E-state index in [1.54, 1.807) is 18.2 Å². The van der Waals surface area contributed by atoms with Crippen molar-refractivity contribution in [3.8, 4) is 0 Å². The molecule has 5 nitrogen and oxygen atoms in total. The van der Waals surface area contributed by atoms with Gasteiger partial charge in [0.25, 0.3) is 5.91 Å². The number of benzene rings is 1. The molecule has 0 saturated carbocycles. The summed E-state index contributed by atoms with van der Waals surface area (Å²) in [4.78, 5) is 23.2. The number of anilines is 2. The Labute approximate surface area is 147 Å². The summed E-state index contributed by atoms with van der Waals surface area (Å²) in [5.41, 5.74) is 2.00. The van der Waals surface area contributed by atoms with Crippen LogP contribution in [0.5, 0.6) is 0 Å². The summed E-state index contributed by atoms with van der Waals surface area (Å²) in [6, 6.07) is 7.17. The number of carbonyl (C=O) groups is 1. The van der Waals surface area contributed by atoms with E-state index in [1.807, 2.05) is 13.0 Å². The van der Waals surface area contributed by atoms with E-state index in [0.29, 0.717) is 22.3 Å². The van der Waals surface area contributed by atoms with Crippen LogP contribution in [0.2, 0.25) is 5.02 Å². The number of aromatic nitrogens is 2. The predicted octanol–water partition coefficient (Wildman–Crippen LogP) is 3.93. The first-order valence-electron chi connectivity index (χ1n) is 8.17. The molecule has 1 amide bonds. The number of aryl methyl sites for hydroxylation is 1. The van der Waals surface area contributed by atoms with Crippen LogP contribution in [-0.2, 0) is 0 Å². The summed E-state index contributed by atoms with van der Waals surface area (Å²) in [6.45, 7) is 6.09. The standard InChI is InChI=1S/C18H21ClN4O/c1-12-4-3-7-23(10-12)17-9-16(20-11-21-17)18(24)22-15-8-14(19)6-5-13(15)2/h5-6,8-9,11-12H,3-4,7,10H2,1-2H3,(H,22,24). The highest BCUT2D eigenvalue weighted by Crippen LogP contribution is 2.23.